The first kappa shape index (κ1) is 22.3. The van der Waals surface area contributed by atoms with Crippen LogP contribution in [0.4, 0.5) is 5.69 Å². The van der Waals surface area contributed by atoms with E-state index in [4.69, 9.17) is 0 Å². The summed E-state index contributed by atoms with van der Waals surface area (Å²) in [5, 5.41) is 11.1. The normalized spacial score (nSPS) is 11.5. The Morgan fingerprint density at radius 3 is 2.29 bits per heavy atom. The van der Waals surface area contributed by atoms with Gasteiger partial charge in [-0.05, 0) is 42.7 Å². The zero-order valence-corrected chi connectivity index (χ0v) is 19.6. The minimum atomic E-state index is -0.453. The zero-order chi connectivity index (χ0) is 24.9. The third kappa shape index (κ3) is 3.54. The van der Waals surface area contributed by atoms with Crippen LogP contribution in [-0.4, -0.2) is 28.0 Å². The Hall–Kier alpha value is -4.47. The number of aromatic nitrogens is 5. The average molecular weight is 473 g/mol. The minimum Gasteiger partial charge on any atom is -0.279 e. The van der Waals surface area contributed by atoms with Crippen molar-refractivity contribution < 1.29 is 4.92 Å². The number of aryl methyl sites for hydroxylation is 2. The first-order valence-corrected chi connectivity index (χ1v) is 11.4. The van der Waals surface area contributed by atoms with Crippen LogP contribution in [0.1, 0.15) is 25.3 Å². The Kier molecular flexibility index (Phi) is 5.35. The molecule has 0 saturated heterocycles. The summed E-state index contributed by atoms with van der Waals surface area (Å²) in [7, 11) is 3.02. The summed E-state index contributed by atoms with van der Waals surface area (Å²) < 4.78 is 5.99. The molecule has 0 unspecified atom stereocenters. The fourth-order valence-electron chi connectivity index (χ4n) is 4.38. The van der Waals surface area contributed by atoms with E-state index in [9.17, 15) is 19.7 Å². The lowest BCUT2D eigenvalue weighted by atomic mass is 10.1. The first-order chi connectivity index (χ1) is 16.8. The number of nitro benzene ring substituents is 1. The molecule has 0 aliphatic carbocycles. The molecule has 3 heterocycles. The van der Waals surface area contributed by atoms with Gasteiger partial charge in [-0.2, -0.15) is 4.98 Å². The van der Waals surface area contributed by atoms with Gasteiger partial charge in [-0.1, -0.05) is 25.5 Å². The molecular weight excluding hydrogens is 448 g/mol. The van der Waals surface area contributed by atoms with E-state index in [1.165, 1.54) is 29.3 Å². The molecule has 0 aliphatic heterocycles. The molecule has 0 bridgehead atoms. The van der Waals surface area contributed by atoms with Crippen molar-refractivity contribution in [1.29, 1.82) is 0 Å². The number of nitrogens with zero attached hydrogens (tertiary/aromatic N) is 6. The van der Waals surface area contributed by atoms with Crippen molar-refractivity contribution in [3.63, 3.8) is 0 Å². The monoisotopic (exact) mass is 472 g/mol. The fourth-order valence-corrected chi connectivity index (χ4v) is 4.38. The molecule has 0 amide bonds. The van der Waals surface area contributed by atoms with E-state index >= 15 is 0 Å². The van der Waals surface area contributed by atoms with Crippen LogP contribution >= 0.6 is 0 Å². The van der Waals surface area contributed by atoms with E-state index in [1.807, 2.05) is 16.7 Å². The SMILES string of the molecule is CCCCc1ccc(-n2c(-c3ccc([N+](=O)[O-])cc3)cn3c4c(=O)n(C)c(=O)n(C)c4nc23)cc1. The summed E-state index contributed by atoms with van der Waals surface area (Å²) in [4.78, 5) is 40.9. The van der Waals surface area contributed by atoms with Gasteiger partial charge < -0.3 is 0 Å². The van der Waals surface area contributed by atoms with Gasteiger partial charge in [-0.3, -0.25) is 33.0 Å². The summed E-state index contributed by atoms with van der Waals surface area (Å²) in [6, 6.07) is 14.4. The van der Waals surface area contributed by atoms with Gasteiger partial charge in [0, 0.05) is 43.7 Å². The maximum absolute atomic E-state index is 13.0. The van der Waals surface area contributed by atoms with Gasteiger partial charge in [0.1, 0.15) is 0 Å². The quantitative estimate of drug-likeness (QED) is 0.277. The van der Waals surface area contributed by atoms with Crippen LogP contribution in [-0.2, 0) is 20.5 Å². The topological polar surface area (TPSA) is 109 Å². The molecule has 10 heteroatoms. The number of fused-ring (bicyclic) bond motifs is 3. The van der Waals surface area contributed by atoms with Crippen LogP contribution in [0.5, 0.6) is 0 Å². The molecule has 2 aromatic carbocycles. The van der Waals surface area contributed by atoms with Gasteiger partial charge in [-0.25, -0.2) is 4.79 Å². The minimum absolute atomic E-state index is 0.00812. The number of unbranched alkanes of at least 4 members (excludes halogenated alkanes) is 1. The van der Waals surface area contributed by atoms with E-state index in [2.05, 4.69) is 24.0 Å². The molecule has 0 N–H and O–H groups in total. The van der Waals surface area contributed by atoms with Crippen molar-refractivity contribution in [2.45, 2.75) is 26.2 Å². The van der Waals surface area contributed by atoms with Gasteiger partial charge in [0.05, 0.1) is 10.6 Å². The number of hydrogen-bond acceptors (Lipinski definition) is 5. The molecule has 0 aliphatic rings. The predicted octanol–water partition coefficient (Wildman–Crippen LogP) is 3.59. The molecule has 5 aromatic rings. The second-order valence-corrected chi connectivity index (χ2v) is 8.58. The van der Waals surface area contributed by atoms with Crippen LogP contribution in [0.2, 0.25) is 0 Å². The van der Waals surface area contributed by atoms with Crippen LogP contribution in [0.15, 0.2) is 64.3 Å². The Bertz CT molecular complexity index is 1700. The van der Waals surface area contributed by atoms with Crippen LogP contribution < -0.4 is 11.2 Å². The fraction of sp³-hybridized carbons (Fsp3) is 0.240. The largest absolute Gasteiger partial charge is 0.332 e. The second kappa shape index (κ2) is 8.39. The third-order valence-electron chi connectivity index (χ3n) is 6.35. The molecule has 0 fully saturated rings. The zero-order valence-electron chi connectivity index (χ0n) is 19.6. The maximum atomic E-state index is 13.0. The summed E-state index contributed by atoms with van der Waals surface area (Å²) in [5.41, 5.74) is 3.15. The molecule has 3 aromatic heterocycles. The van der Waals surface area contributed by atoms with Crippen molar-refractivity contribution in [3.05, 3.63) is 91.2 Å². The Labute approximate surface area is 199 Å². The lowest BCUT2D eigenvalue weighted by molar-refractivity contribution is -0.384. The van der Waals surface area contributed by atoms with E-state index in [1.54, 1.807) is 29.8 Å². The number of nitro groups is 1. The number of rotatable bonds is 6. The molecule has 5 rings (SSSR count). The summed E-state index contributed by atoms with van der Waals surface area (Å²) in [5.74, 6) is 0.466. The van der Waals surface area contributed by atoms with E-state index in [0.717, 1.165) is 35.1 Å². The third-order valence-corrected chi connectivity index (χ3v) is 6.35. The molecule has 35 heavy (non-hydrogen) atoms. The summed E-state index contributed by atoms with van der Waals surface area (Å²) >= 11 is 0. The number of non-ortho nitro benzene ring substituents is 1. The summed E-state index contributed by atoms with van der Waals surface area (Å²) in [6.45, 7) is 2.15. The van der Waals surface area contributed by atoms with Crippen molar-refractivity contribution in [2.24, 2.45) is 14.1 Å². The van der Waals surface area contributed by atoms with Crippen LogP contribution in [0.25, 0.3) is 33.9 Å². The van der Waals surface area contributed by atoms with Crippen molar-refractivity contribution >= 4 is 22.6 Å². The van der Waals surface area contributed by atoms with Gasteiger partial charge in [0.25, 0.3) is 11.2 Å². The smallest absolute Gasteiger partial charge is 0.279 e. The Morgan fingerprint density at radius 1 is 0.971 bits per heavy atom. The maximum Gasteiger partial charge on any atom is 0.332 e. The molecule has 0 saturated carbocycles. The van der Waals surface area contributed by atoms with E-state index < -0.39 is 16.2 Å². The Balaban J connectivity index is 1.80. The highest BCUT2D eigenvalue weighted by atomic mass is 16.6. The lowest BCUT2D eigenvalue weighted by Crippen LogP contribution is -2.37. The predicted molar refractivity (Wildman–Crippen MR) is 133 cm³/mol. The van der Waals surface area contributed by atoms with Gasteiger partial charge in [0.15, 0.2) is 11.2 Å². The van der Waals surface area contributed by atoms with Gasteiger partial charge >= 0.3 is 5.69 Å². The average Bonchev–Trinajstić information content (AvgIpc) is 3.42. The van der Waals surface area contributed by atoms with Gasteiger partial charge in [0.2, 0.25) is 5.78 Å². The second-order valence-electron chi connectivity index (χ2n) is 8.58. The molecule has 0 spiro atoms. The highest BCUT2D eigenvalue weighted by Crippen LogP contribution is 2.30. The van der Waals surface area contributed by atoms with Crippen molar-refractivity contribution in [2.75, 3.05) is 0 Å². The van der Waals surface area contributed by atoms with Crippen LogP contribution in [0, 0.1) is 10.1 Å². The van der Waals surface area contributed by atoms with Crippen molar-refractivity contribution in [3.8, 4) is 16.9 Å². The van der Waals surface area contributed by atoms with Crippen molar-refractivity contribution in [1.82, 2.24) is 23.1 Å². The number of benzene rings is 2. The molecule has 0 atom stereocenters. The van der Waals surface area contributed by atoms with E-state index in [0.29, 0.717) is 11.5 Å². The molecule has 10 nitrogen and oxygen atoms in total. The lowest BCUT2D eigenvalue weighted by Gasteiger charge is -2.10. The number of imidazole rings is 2. The Morgan fingerprint density at radius 2 is 1.66 bits per heavy atom. The van der Waals surface area contributed by atoms with E-state index in [-0.39, 0.29) is 16.9 Å². The highest BCUT2D eigenvalue weighted by Gasteiger charge is 2.22. The molecule has 0 radical (unpaired) electrons. The summed E-state index contributed by atoms with van der Waals surface area (Å²) in [6.07, 6.45) is 4.98. The highest BCUT2D eigenvalue weighted by molar-refractivity contribution is 5.79. The first-order valence-electron chi connectivity index (χ1n) is 11.4. The standard InChI is InChI=1S/C25H24N6O4/c1-4-5-6-16-7-11-18(12-8-16)30-20(17-9-13-19(14-10-17)31(34)35)15-29-21-22(26-24(29)30)27(2)25(33)28(3)23(21)32/h7-15H,4-6H2,1-3H3. The van der Waals surface area contributed by atoms with Crippen LogP contribution in [0.3, 0.4) is 0 Å². The molecule has 178 valence electrons. The molecular formula is C25H24N6O4. The van der Waals surface area contributed by atoms with Gasteiger partial charge in [-0.15, -0.1) is 0 Å². The number of hydrogen-bond donors (Lipinski definition) is 0.